The molecule has 4 aromatic rings. The zero-order chi connectivity index (χ0) is 35.0. The largest absolute Gasteiger partial charge is 0.416 e. The molecule has 7 rings (SSSR count). The molecule has 2 amide bonds. The summed E-state index contributed by atoms with van der Waals surface area (Å²) in [6.45, 7) is 1.31. The number of rotatable bonds is 7. The van der Waals surface area contributed by atoms with Crippen molar-refractivity contribution in [3.63, 3.8) is 0 Å². The minimum Gasteiger partial charge on any atom is -0.378 e. The molecule has 8 nitrogen and oxygen atoms in total. The molecule has 0 saturated heterocycles. The van der Waals surface area contributed by atoms with E-state index in [4.69, 9.17) is 4.98 Å². The second-order valence-corrected chi connectivity index (χ2v) is 13.4. The maximum Gasteiger partial charge on any atom is 0.416 e. The SMILES string of the molecule is O=C(Cc1ccccc1)N1CC=C(c2cccc(C3(c4nc5c(c(=O)[nH]4)CN(C(=O)C(O)c4cccc(C(F)(F)F)c4)CCC5)CC3)c2)CC1. The number of aromatic nitrogens is 2. The summed E-state index contributed by atoms with van der Waals surface area (Å²) in [6, 6.07) is 22.1. The van der Waals surface area contributed by atoms with Gasteiger partial charge in [-0.3, -0.25) is 14.4 Å². The molecule has 3 heterocycles. The zero-order valence-electron chi connectivity index (χ0n) is 27.4. The van der Waals surface area contributed by atoms with Crippen LogP contribution in [0.1, 0.15) is 76.7 Å². The number of halogens is 3. The van der Waals surface area contributed by atoms with Gasteiger partial charge >= 0.3 is 6.18 Å². The second kappa shape index (κ2) is 13.4. The van der Waals surface area contributed by atoms with Crippen LogP contribution < -0.4 is 5.56 Å². The highest BCUT2D eigenvalue weighted by atomic mass is 19.4. The van der Waals surface area contributed by atoms with E-state index in [9.17, 15) is 32.7 Å². The Bertz CT molecular complexity index is 2020. The number of aliphatic hydroxyl groups excluding tert-OH is 1. The molecule has 1 saturated carbocycles. The van der Waals surface area contributed by atoms with Crippen LogP contribution in [0.15, 0.2) is 89.7 Å². The molecule has 1 aromatic heterocycles. The molecule has 50 heavy (non-hydrogen) atoms. The van der Waals surface area contributed by atoms with Crippen molar-refractivity contribution in [2.24, 2.45) is 0 Å². The number of aryl methyl sites for hydroxylation is 1. The van der Waals surface area contributed by atoms with E-state index >= 15 is 0 Å². The Morgan fingerprint density at radius 2 is 1.72 bits per heavy atom. The number of aromatic amines is 1. The Balaban J connectivity index is 1.07. The Hall–Kier alpha value is -5.03. The van der Waals surface area contributed by atoms with Crippen LogP contribution >= 0.6 is 0 Å². The number of amides is 2. The van der Waals surface area contributed by atoms with E-state index in [0.29, 0.717) is 49.4 Å². The predicted molar refractivity (Wildman–Crippen MR) is 181 cm³/mol. The quantitative estimate of drug-likeness (QED) is 0.259. The number of carbonyl (C=O) groups excluding carboxylic acids is 2. The lowest BCUT2D eigenvalue weighted by Crippen LogP contribution is -2.36. The van der Waals surface area contributed by atoms with Gasteiger partial charge in [-0.05, 0) is 72.1 Å². The molecular formula is C39H37F3N4O4. The number of aliphatic hydroxyl groups is 1. The number of hydrogen-bond donors (Lipinski definition) is 2. The van der Waals surface area contributed by atoms with Crippen LogP contribution in [-0.2, 0) is 40.6 Å². The Labute approximate surface area is 287 Å². The summed E-state index contributed by atoms with van der Waals surface area (Å²) in [4.78, 5) is 50.9. The highest BCUT2D eigenvalue weighted by Crippen LogP contribution is 2.52. The van der Waals surface area contributed by atoms with Crippen molar-refractivity contribution in [3.8, 4) is 0 Å². The van der Waals surface area contributed by atoms with Crippen molar-refractivity contribution in [2.75, 3.05) is 19.6 Å². The van der Waals surface area contributed by atoms with Crippen LogP contribution in [0.2, 0.25) is 0 Å². The lowest BCUT2D eigenvalue weighted by molar-refractivity contribution is -0.142. The predicted octanol–water partition coefficient (Wildman–Crippen LogP) is 5.74. The lowest BCUT2D eigenvalue weighted by Gasteiger charge is -2.27. The van der Waals surface area contributed by atoms with E-state index < -0.39 is 29.2 Å². The normalized spacial score (nSPS) is 17.7. The van der Waals surface area contributed by atoms with E-state index in [1.807, 2.05) is 41.3 Å². The standard InChI is InChI=1S/C39H37F3N4O4/c40-39(41,42)30-12-5-10-28(23-30)34(48)36(50)46-18-6-13-32-31(24-46)35(49)44-37(43-32)38(16-17-38)29-11-4-9-27(22-29)26-14-19-45(20-15-26)33(47)21-25-7-2-1-3-8-25/h1-5,7-12,14,22-23,34,48H,6,13,15-21,24H2,(H,43,44,49). The van der Waals surface area contributed by atoms with Gasteiger partial charge in [0.2, 0.25) is 5.91 Å². The number of hydrogen-bond acceptors (Lipinski definition) is 5. The van der Waals surface area contributed by atoms with Gasteiger partial charge in [0.05, 0.1) is 35.2 Å². The van der Waals surface area contributed by atoms with Crippen LogP contribution in [0.3, 0.4) is 0 Å². The maximum atomic E-state index is 13.6. The summed E-state index contributed by atoms with van der Waals surface area (Å²) in [5, 5.41) is 10.8. The fourth-order valence-corrected chi connectivity index (χ4v) is 7.08. The van der Waals surface area contributed by atoms with Gasteiger partial charge in [0, 0.05) is 19.6 Å². The summed E-state index contributed by atoms with van der Waals surface area (Å²) < 4.78 is 39.7. The van der Waals surface area contributed by atoms with Gasteiger partial charge in [0.15, 0.2) is 6.10 Å². The third-order valence-corrected chi connectivity index (χ3v) is 10.1. The molecule has 1 fully saturated rings. The summed E-state index contributed by atoms with van der Waals surface area (Å²) in [5.41, 5.74) is 3.28. The van der Waals surface area contributed by atoms with Gasteiger partial charge in [-0.2, -0.15) is 13.2 Å². The third kappa shape index (κ3) is 6.74. The first-order valence-corrected chi connectivity index (χ1v) is 16.9. The van der Waals surface area contributed by atoms with Crippen LogP contribution in [-0.4, -0.2) is 56.3 Å². The zero-order valence-corrected chi connectivity index (χ0v) is 27.4. The van der Waals surface area contributed by atoms with E-state index in [1.165, 1.54) is 16.5 Å². The average Bonchev–Trinajstić information content (AvgIpc) is 3.96. The first kappa shape index (κ1) is 33.5. The van der Waals surface area contributed by atoms with Crippen LogP contribution in [0.25, 0.3) is 5.57 Å². The molecule has 2 aliphatic heterocycles. The summed E-state index contributed by atoms with van der Waals surface area (Å²) in [5.74, 6) is -0.0795. The molecule has 0 radical (unpaired) electrons. The highest BCUT2D eigenvalue weighted by molar-refractivity contribution is 5.82. The van der Waals surface area contributed by atoms with Crippen LogP contribution in [0.5, 0.6) is 0 Å². The Kier molecular flexibility index (Phi) is 8.94. The number of nitrogens with zero attached hydrogens (tertiary/aromatic N) is 3. The van der Waals surface area contributed by atoms with Gasteiger partial charge in [0.25, 0.3) is 11.5 Å². The van der Waals surface area contributed by atoms with E-state index in [1.54, 1.807) is 0 Å². The fourth-order valence-electron chi connectivity index (χ4n) is 7.08. The molecule has 1 atom stereocenters. The topological polar surface area (TPSA) is 107 Å². The first-order valence-electron chi connectivity index (χ1n) is 16.9. The second-order valence-electron chi connectivity index (χ2n) is 13.4. The summed E-state index contributed by atoms with van der Waals surface area (Å²) in [7, 11) is 0. The molecule has 1 unspecified atom stereocenters. The molecule has 2 N–H and O–H groups in total. The van der Waals surface area contributed by atoms with E-state index in [2.05, 4.69) is 29.3 Å². The number of fused-ring (bicyclic) bond motifs is 1. The number of nitrogens with one attached hydrogen (secondary N) is 1. The Morgan fingerprint density at radius 3 is 2.44 bits per heavy atom. The van der Waals surface area contributed by atoms with Crippen molar-refractivity contribution in [1.29, 1.82) is 0 Å². The van der Waals surface area contributed by atoms with E-state index in [-0.39, 0.29) is 30.1 Å². The Morgan fingerprint density at radius 1 is 0.940 bits per heavy atom. The molecular weight excluding hydrogens is 645 g/mol. The van der Waals surface area contributed by atoms with Crippen LogP contribution in [0, 0.1) is 0 Å². The fraction of sp³-hybridized carbons (Fsp3) is 0.333. The molecule has 258 valence electrons. The van der Waals surface area contributed by atoms with Gasteiger partial charge in [-0.25, -0.2) is 4.98 Å². The molecule has 3 aliphatic rings. The third-order valence-electron chi connectivity index (χ3n) is 10.1. The minimum atomic E-state index is -4.61. The van der Waals surface area contributed by atoms with Gasteiger partial charge in [0.1, 0.15) is 5.82 Å². The molecule has 1 aliphatic carbocycles. The molecule has 3 aromatic carbocycles. The first-order chi connectivity index (χ1) is 24.0. The highest BCUT2D eigenvalue weighted by Gasteiger charge is 2.49. The van der Waals surface area contributed by atoms with E-state index in [0.717, 1.165) is 54.2 Å². The van der Waals surface area contributed by atoms with Crippen LogP contribution in [0.4, 0.5) is 13.2 Å². The monoisotopic (exact) mass is 682 g/mol. The minimum absolute atomic E-state index is 0.103. The smallest absolute Gasteiger partial charge is 0.378 e. The van der Waals surface area contributed by atoms with Crippen molar-refractivity contribution in [3.05, 3.63) is 140 Å². The van der Waals surface area contributed by atoms with Crippen molar-refractivity contribution >= 4 is 17.4 Å². The van der Waals surface area contributed by atoms with Crippen molar-refractivity contribution < 1.29 is 27.9 Å². The molecule has 0 spiro atoms. The summed E-state index contributed by atoms with van der Waals surface area (Å²) >= 11 is 0. The summed E-state index contributed by atoms with van der Waals surface area (Å²) in [6.07, 6.45) is -0.638. The van der Waals surface area contributed by atoms with Crippen molar-refractivity contribution in [1.82, 2.24) is 19.8 Å². The molecule has 11 heteroatoms. The van der Waals surface area contributed by atoms with Gasteiger partial charge in [-0.1, -0.05) is 72.8 Å². The number of H-pyrrole nitrogens is 1. The average molecular weight is 683 g/mol. The van der Waals surface area contributed by atoms with Crippen molar-refractivity contribution in [2.45, 2.75) is 62.8 Å². The van der Waals surface area contributed by atoms with Gasteiger partial charge < -0.3 is 19.9 Å². The lowest BCUT2D eigenvalue weighted by atomic mass is 9.90. The number of alkyl halides is 3. The van der Waals surface area contributed by atoms with Gasteiger partial charge in [-0.15, -0.1) is 0 Å². The molecule has 0 bridgehead atoms. The maximum absolute atomic E-state index is 13.6. The number of benzene rings is 3. The number of carbonyl (C=O) groups is 2.